The van der Waals surface area contributed by atoms with E-state index in [1.807, 2.05) is 30.5 Å². The van der Waals surface area contributed by atoms with Crippen LogP contribution in [0.4, 0.5) is 11.1 Å². The number of carbonyl (C=O) groups is 1. The van der Waals surface area contributed by atoms with E-state index in [1.165, 1.54) is 17.8 Å². The summed E-state index contributed by atoms with van der Waals surface area (Å²) in [7, 11) is 0. The van der Waals surface area contributed by atoms with Gasteiger partial charge in [0.05, 0.1) is 5.69 Å². The molecular formula is C19H20N6OS. The second-order valence-corrected chi connectivity index (χ2v) is 7.31. The van der Waals surface area contributed by atoms with Crippen LogP contribution in [0.15, 0.2) is 35.8 Å². The lowest BCUT2D eigenvalue weighted by molar-refractivity contribution is 0.102. The maximum atomic E-state index is 12.7. The molecule has 0 aliphatic carbocycles. The summed E-state index contributed by atoms with van der Waals surface area (Å²) in [4.78, 5) is 32.5. The van der Waals surface area contributed by atoms with Gasteiger partial charge in [0.1, 0.15) is 11.4 Å². The van der Waals surface area contributed by atoms with Crippen molar-refractivity contribution in [3.8, 4) is 11.4 Å². The number of piperidine rings is 1. The SMILES string of the molecule is Cc1cc(C(=O)Nc2nc(-c3ccccn3)cs2)nc(N2CCCCC2)n1. The Morgan fingerprint density at radius 1 is 1.11 bits per heavy atom. The van der Waals surface area contributed by atoms with E-state index in [-0.39, 0.29) is 5.91 Å². The van der Waals surface area contributed by atoms with Crippen LogP contribution in [0.2, 0.25) is 0 Å². The van der Waals surface area contributed by atoms with E-state index < -0.39 is 0 Å². The van der Waals surface area contributed by atoms with Crippen LogP contribution in [-0.4, -0.2) is 38.9 Å². The molecule has 7 nitrogen and oxygen atoms in total. The minimum absolute atomic E-state index is 0.277. The number of amides is 1. The molecule has 4 heterocycles. The van der Waals surface area contributed by atoms with Crippen LogP contribution in [0.25, 0.3) is 11.4 Å². The first-order valence-electron chi connectivity index (χ1n) is 8.98. The summed E-state index contributed by atoms with van der Waals surface area (Å²) in [5.41, 5.74) is 2.66. The van der Waals surface area contributed by atoms with Crippen molar-refractivity contribution in [1.82, 2.24) is 19.9 Å². The van der Waals surface area contributed by atoms with Gasteiger partial charge >= 0.3 is 0 Å². The molecule has 0 saturated carbocycles. The molecule has 1 aliphatic rings. The van der Waals surface area contributed by atoms with Crippen molar-refractivity contribution in [2.45, 2.75) is 26.2 Å². The summed E-state index contributed by atoms with van der Waals surface area (Å²) < 4.78 is 0. The van der Waals surface area contributed by atoms with Crippen LogP contribution in [0.3, 0.4) is 0 Å². The molecule has 1 saturated heterocycles. The van der Waals surface area contributed by atoms with Gasteiger partial charge in [0.25, 0.3) is 5.91 Å². The van der Waals surface area contributed by atoms with Gasteiger partial charge in [0.15, 0.2) is 5.13 Å². The number of aromatic nitrogens is 4. The second kappa shape index (κ2) is 7.79. The number of aryl methyl sites for hydroxylation is 1. The smallest absolute Gasteiger partial charge is 0.276 e. The highest BCUT2D eigenvalue weighted by molar-refractivity contribution is 7.14. The van der Waals surface area contributed by atoms with Gasteiger partial charge in [-0.2, -0.15) is 0 Å². The van der Waals surface area contributed by atoms with E-state index in [4.69, 9.17) is 0 Å². The molecule has 0 atom stereocenters. The standard InChI is InChI=1S/C19H20N6OS/c1-13-11-15(22-18(21-13)25-9-5-2-6-10-25)17(26)24-19-23-16(12-27-19)14-7-3-4-8-20-14/h3-4,7-8,11-12H,2,5-6,9-10H2,1H3,(H,23,24,26). The van der Waals surface area contributed by atoms with Gasteiger partial charge in [-0.25, -0.2) is 15.0 Å². The maximum absolute atomic E-state index is 12.7. The van der Waals surface area contributed by atoms with Gasteiger partial charge in [0, 0.05) is 30.4 Å². The number of rotatable bonds is 4. The summed E-state index contributed by atoms with van der Waals surface area (Å²) in [6, 6.07) is 7.36. The Balaban J connectivity index is 1.51. The van der Waals surface area contributed by atoms with Crippen molar-refractivity contribution in [3.63, 3.8) is 0 Å². The second-order valence-electron chi connectivity index (χ2n) is 6.45. The Bertz CT molecular complexity index is 936. The molecule has 0 radical (unpaired) electrons. The van der Waals surface area contributed by atoms with Gasteiger partial charge in [-0.05, 0) is 44.4 Å². The number of thiazole rings is 1. The van der Waals surface area contributed by atoms with Crippen molar-refractivity contribution < 1.29 is 4.79 Å². The van der Waals surface area contributed by atoms with Gasteiger partial charge in [0.2, 0.25) is 5.95 Å². The molecule has 0 bridgehead atoms. The lowest BCUT2D eigenvalue weighted by atomic mass is 10.1. The Morgan fingerprint density at radius 2 is 1.96 bits per heavy atom. The maximum Gasteiger partial charge on any atom is 0.276 e. The highest BCUT2D eigenvalue weighted by atomic mass is 32.1. The monoisotopic (exact) mass is 380 g/mol. The van der Waals surface area contributed by atoms with Crippen LogP contribution < -0.4 is 10.2 Å². The fourth-order valence-corrected chi connectivity index (χ4v) is 3.73. The third-order valence-corrected chi connectivity index (χ3v) is 5.12. The van der Waals surface area contributed by atoms with E-state index in [9.17, 15) is 4.79 Å². The van der Waals surface area contributed by atoms with Crippen LogP contribution in [0, 0.1) is 6.92 Å². The Hall–Kier alpha value is -2.87. The lowest BCUT2D eigenvalue weighted by Gasteiger charge is -2.27. The normalized spacial score (nSPS) is 14.2. The number of carbonyl (C=O) groups excluding carboxylic acids is 1. The van der Waals surface area contributed by atoms with Crippen LogP contribution in [0.1, 0.15) is 35.4 Å². The largest absolute Gasteiger partial charge is 0.341 e. The molecule has 0 aromatic carbocycles. The molecule has 1 amide bonds. The number of hydrogen-bond donors (Lipinski definition) is 1. The van der Waals surface area contributed by atoms with Crippen molar-refractivity contribution >= 4 is 28.3 Å². The van der Waals surface area contributed by atoms with Gasteiger partial charge in [-0.1, -0.05) is 6.07 Å². The number of hydrogen-bond acceptors (Lipinski definition) is 7. The quantitative estimate of drug-likeness (QED) is 0.745. The molecule has 8 heteroatoms. The van der Waals surface area contributed by atoms with Crippen LogP contribution in [0.5, 0.6) is 0 Å². The van der Waals surface area contributed by atoms with Crippen molar-refractivity contribution in [2.24, 2.45) is 0 Å². The van der Waals surface area contributed by atoms with E-state index >= 15 is 0 Å². The first kappa shape index (κ1) is 17.5. The molecule has 27 heavy (non-hydrogen) atoms. The highest BCUT2D eigenvalue weighted by Crippen LogP contribution is 2.24. The zero-order chi connectivity index (χ0) is 18.6. The molecule has 0 unspecified atom stereocenters. The highest BCUT2D eigenvalue weighted by Gasteiger charge is 2.18. The molecule has 1 aliphatic heterocycles. The van der Waals surface area contributed by atoms with Crippen molar-refractivity contribution in [1.29, 1.82) is 0 Å². The first-order valence-corrected chi connectivity index (χ1v) is 9.86. The molecule has 1 fully saturated rings. The summed E-state index contributed by atoms with van der Waals surface area (Å²) in [6.07, 6.45) is 5.22. The van der Waals surface area contributed by atoms with Crippen molar-refractivity contribution in [3.05, 3.63) is 47.2 Å². The summed E-state index contributed by atoms with van der Waals surface area (Å²) in [5, 5.41) is 5.24. The zero-order valence-electron chi connectivity index (χ0n) is 15.1. The summed E-state index contributed by atoms with van der Waals surface area (Å²) in [6.45, 7) is 3.75. The third-order valence-electron chi connectivity index (χ3n) is 4.37. The van der Waals surface area contributed by atoms with Crippen LogP contribution in [-0.2, 0) is 0 Å². The molecule has 138 valence electrons. The predicted octanol–water partition coefficient (Wildman–Crippen LogP) is 3.55. The third kappa shape index (κ3) is 4.11. The summed E-state index contributed by atoms with van der Waals surface area (Å²) in [5.74, 6) is 0.355. The average molecular weight is 380 g/mol. The molecular weight excluding hydrogens is 360 g/mol. The molecule has 4 rings (SSSR count). The Morgan fingerprint density at radius 3 is 2.74 bits per heavy atom. The minimum Gasteiger partial charge on any atom is -0.341 e. The lowest BCUT2D eigenvalue weighted by Crippen LogP contribution is -2.31. The zero-order valence-corrected chi connectivity index (χ0v) is 15.9. The fraction of sp³-hybridized carbons (Fsp3) is 0.316. The van der Waals surface area contributed by atoms with Gasteiger partial charge in [-0.3, -0.25) is 15.1 Å². The number of pyridine rings is 1. The fourth-order valence-electron chi connectivity index (χ4n) is 3.03. The molecule has 3 aromatic rings. The van der Waals surface area contributed by atoms with E-state index in [1.54, 1.807) is 12.3 Å². The predicted molar refractivity (Wildman–Crippen MR) is 106 cm³/mol. The molecule has 0 spiro atoms. The average Bonchev–Trinajstić information content (AvgIpc) is 3.17. The topological polar surface area (TPSA) is 83.9 Å². The number of nitrogens with zero attached hydrogens (tertiary/aromatic N) is 5. The van der Waals surface area contributed by atoms with Crippen molar-refractivity contribution in [2.75, 3.05) is 23.3 Å². The van der Waals surface area contributed by atoms with E-state index in [0.29, 0.717) is 16.8 Å². The first-order chi connectivity index (χ1) is 13.2. The van der Waals surface area contributed by atoms with Crippen LogP contribution >= 0.6 is 11.3 Å². The van der Waals surface area contributed by atoms with E-state index in [0.717, 1.165) is 43.0 Å². The van der Waals surface area contributed by atoms with Gasteiger partial charge in [-0.15, -0.1) is 11.3 Å². The minimum atomic E-state index is -0.277. The number of nitrogens with one attached hydrogen (secondary N) is 1. The van der Waals surface area contributed by atoms with Gasteiger partial charge < -0.3 is 4.90 Å². The summed E-state index contributed by atoms with van der Waals surface area (Å²) >= 11 is 1.37. The van der Waals surface area contributed by atoms with E-state index in [2.05, 4.69) is 30.2 Å². The molecule has 3 aromatic heterocycles. The number of anilines is 2. The Kier molecular flexibility index (Phi) is 5.06. The Labute approximate surface area is 161 Å². The molecule has 1 N–H and O–H groups in total.